The van der Waals surface area contributed by atoms with E-state index in [-0.39, 0.29) is 30.1 Å². The summed E-state index contributed by atoms with van der Waals surface area (Å²) in [5.74, 6) is -0.915. The Morgan fingerprint density at radius 1 is 0.868 bits per heavy atom. The molecule has 0 aliphatic heterocycles. The highest BCUT2D eigenvalue weighted by atomic mass is 35.5. The highest BCUT2D eigenvalue weighted by Gasteiger charge is 2.37. The molecule has 38 heavy (non-hydrogen) atoms. The van der Waals surface area contributed by atoms with E-state index < -0.39 is 35.0 Å². The molecule has 0 saturated heterocycles. The van der Waals surface area contributed by atoms with Gasteiger partial charge in [-0.15, -0.1) is 12.4 Å². The van der Waals surface area contributed by atoms with E-state index in [1.807, 2.05) is 6.07 Å². The number of aromatic nitrogens is 3. The van der Waals surface area contributed by atoms with Crippen LogP contribution in [0.2, 0.25) is 0 Å². The summed E-state index contributed by atoms with van der Waals surface area (Å²) in [4.78, 5) is 25.3. The smallest absolute Gasteiger partial charge is 0.324 e. The van der Waals surface area contributed by atoms with Crippen molar-refractivity contribution in [1.29, 1.82) is 0 Å². The second kappa shape index (κ2) is 11.1. The summed E-state index contributed by atoms with van der Waals surface area (Å²) < 4.78 is 78.9. The third kappa shape index (κ3) is 6.76. The van der Waals surface area contributed by atoms with Crippen molar-refractivity contribution in [1.82, 2.24) is 15.0 Å². The zero-order valence-electron chi connectivity index (χ0n) is 19.4. The monoisotopic (exact) mass is 553 g/mol. The van der Waals surface area contributed by atoms with Crippen LogP contribution in [-0.2, 0) is 12.4 Å². The van der Waals surface area contributed by atoms with E-state index in [0.29, 0.717) is 29.1 Å². The van der Waals surface area contributed by atoms with Gasteiger partial charge in [-0.3, -0.25) is 9.78 Å². The Morgan fingerprint density at radius 2 is 1.55 bits per heavy atom. The lowest BCUT2D eigenvalue weighted by atomic mass is 10.0. The lowest BCUT2D eigenvalue weighted by Crippen LogP contribution is -2.17. The van der Waals surface area contributed by atoms with Gasteiger partial charge in [-0.2, -0.15) is 26.3 Å². The Hall–Kier alpha value is -4.19. The molecule has 0 aliphatic rings. The molecule has 198 valence electrons. The van der Waals surface area contributed by atoms with Crippen LogP contribution in [0.1, 0.15) is 27.0 Å². The van der Waals surface area contributed by atoms with E-state index in [1.165, 1.54) is 18.3 Å². The summed E-state index contributed by atoms with van der Waals surface area (Å²) in [5.41, 5.74) is -1.29. The molecule has 0 aliphatic carbocycles. The summed E-state index contributed by atoms with van der Waals surface area (Å²) in [6.45, 7) is 1.75. The van der Waals surface area contributed by atoms with Crippen LogP contribution in [0.3, 0.4) is 0 Å². The number of amides is 1. The summed E-state index contributed by atoms with van der Waals surface area (Å²) in [7, 11) is 0. The zero-order chi connectivity index (χ0) is 26.8. The minimum absolute atomic E-state index is 0. The van der Waals surface area contributed by atoms with Gasteiger partial charge in [-0.25, -0.2) is 9.97 Å². The number of pyridine rings is 1. The molecular weight excluding hydrogens is 536 g/mol. The van der Waals surface area contributed by atoms with E-state index in [2.05, 4.69) is 25.6 Å². The molecule has 2 heterocycles. The standard InChI is InChI=1S/C25H17F6N5O.ClH/c1-14-4-5-19(12-21(14)36-23-33-8-6-20(35-23)15-3-2-7-32-13-15)34-22(37)16-9-17(24(26,27)28)11-18(10-16)25(29,30)31;/h2-13H,1H3,(H,34,37)(H,33,35,36);1H. The molecular formula is C25H18ClF6N5O. The summed E-state index contributed by atoms with van der Waals surface area (Å²) >= 11 is 0. The zero-order valence-corrected chi connectivity index (χ0v) is 20.2. The van der Waals surface area contributed by atoms with E-state index in [9.17, 15) is 31.1 Å². The van der Waals surface area contributed by atoms with Crippen LogP contribution in [0.25, 0.3) is 11.3 Å². The number of anilines is 3. The van der Waals surface area contributed by atoms with Gasteiger partial charge < -0.3 is 10.6 Å². The van der Waals surface area contributed by atoms with Crippen molar-refractivity contribution in [3.05, 3.63) is 95.4 Å². The Labute approximate surface area is 218 Å². The predicted octanol–water partition coefficient (Wildman–Crippen LogP) is 7.30. The maximum Gasteiger partial charge on any atom is 0.416 e. The predicted molar refractivity (Wildman–Crippen MR) is 131 cm³/mol. The number of carbonyl (C=O) groups excluding carboxylic acids is 1. The lowest BCUT2D eigenvalue weighted by Gasteiger charge is -2.15. The molecule has 13 heteroatoms. The van der Waals surface area contributed by atoms with E-state index in [0.717, 1.165) is 5.56 Å². The highest BCUT2D eigenvalue weighted by Crippen LogP contribution is 2.36. The fraction of sp³-hybridized carbons (Fsp3) is 0.120. The molecule has 0 fully saturated rings. The first kappa shape index (κ1) is 28.4. The van der Waals surface area contributed by atoms with Crippen molar-refractivity contribution < 1.29 is 31.1 Å². The van der Waals surface area contributed by atoms with Gasteiger partial charge >= 0.3 is 12.4 Å². The second-order valence-corrected chi connectivity index (χ2v) is 7.91. The van der Waals surface area contributed by atoms with Gasteiger partial charge in [0.15, 0.2) is 0 Å². The molecule has 0 saturated carbocycles. The number of hydrogen-bond donors (Lipinski definition) is 2. The van der Waals surface area contributed by atoms with Crippen LogP contribution in [0, 0.1) is 6.92 Å². The third-order valence-electron chi connectivity index (χ3n) is 5.20. The number of aryl methyl sites for hydroxylation is 1. The number of alkyl halides is 6. The molecule has 0 bridgehead atoms. The van der Waals surface area contributed by atoms with E-state index in [4.69, 9.17) is 0 Å². The molecule has 0 radical (unpaired) electrons. The van der Waals surface area contributed by atoms with Gasteiger partial charge in [0.05, 0.1) is 16.8 Å². The van der Waals surface area contributed by atoms with Gasteiger partial charge in [-0.1, -0.05) is 6.07 Å². The summed E-state index contributed by atoms with van der Waals surface area (Å²) in [6, 6.07) is 10.5. The van der Waals surface area contributed by atoms with Crippen LogP contribution >= 0.6 is 12.4 Å². The van der Waals surface area contributed by atoms with Crippen LogP contribution < -0.4 is 10.6 Å². The summed E-state index contributed by atoms with van der Waals surface area (Å²) in [5, 5.41) is 5.35. The molecule has 0 spiro atoms. The molecule has 0 atom stereocenters. The fourth-order valence-electron chi connectivity index (χ4n) is 3.34. The first-order chi connectivity index (χ1) is 17.4. The van der Waals surface area contributed by atoms with Crippen molar-refractivity contribution in [3.8, 4) is 11.3 Å². The Kier molecular flexibility index (Phi) is 8.25. The molecule has 6 nitrogen and oxygen atoms in total. The minimum atomic E-state index is -5.07. The second-order valence-electron chi connectivity index (χ2n) is 7.91. The van der Waals surface area contributed by atoms with Gasteiger partial charge in [-0.05, 0) is 61.0 Å². The van der Waals surface area contributed by atoms with Gasteiger partial charge in [0.25, 0.3) is 5.91 Å². The maximum atomic E-state index is 13.1. The van der Waals surface area contributed by atoms with Gasteiger partial charge in [0.1, 0.15) is 0 Å². The fourth-order valence-corrected chi connectivity index (χ4v) is 3.34. The SMILES string of the molecule is Cc1ccc(NC(=O)c2cc(C(F)(F)F)cc(C(F)(F)F)c2)cc1Nc1nccc(-c2cccnc2)n1.Cl. The highest BCUT2D eigenvalue weighted by molar-refractivity contribution is 6.04. The van der Waals surface area contributed by atoms with Crippen molar-refractivity contribution in [3.63, 3.8) is 0 Å². The van der Waals surface area contributed by atoms with Gasteiger partial charge in [0, 0.05) is 41.1 Å². The third-order valence-corrected chi connectivity index (χ3v) is 5.20. The molecule has 2 aromatic heterocycles. The summed E-state index contributed by atoms with van der Waals surface area (Å²) in [6.07, 6.45) is -5.35. The lowest BCUT2D eigenvalue weighted by molar-refractivity contribution is -0.143. The molecule has 2 N–H and O–H groups in total. The first-order valence-electron chi connectivity index (χ1n) is 10.6. The Morgan fingerprint density at radius 3 is 2.16 bits per heavy atom. The van der Waals surface area contributed by atoms with Crippen molar-refractivity contribution >= 4 is 35.6 Å². The average molecular weight is 554 g/mol. The topological polar surface area (TPSA) is 79.8 Å². The number of halogens is 7. The van der Waals surface area contributed by atoms with Crippen LogP contribution in [0.5, 0.6) is 0 Å². The molecule has 2 aromatic carbocycles. The molecule has 0 unspecified atom stereocenters. The number of nitrogens with zero attached hydrogens (tertiary/aromatic N) is 3. The largest absolute Gasteiger partial charge is 0.416 e. The van der Waals surface area contributed by atoms with E-state index in [1.54, 1.807) is 37.5 Å². The van der Waals surface area contributed by atoms with Crippen LogP contribution in [0.15, 0.2) is 73.2 Å². The van der Waals surface area contributed by atoms with Crippen molar-refractivity contribution in [2.24, 2.45) is 0 Å². The molecule has 4 rings (SSSR count). The number of rotatable bonds is 5. The van der Waals surface area contributed by atoms with Gasteiger partial charge in [0.2, 0.25) is 5.95 Å². The number of benzene rings is 2. The Bertz CT molecular complexity index is 1410. The average Bonchev–Trinajstić information content (AvgIpc) is 2.85. The molecule has 1 amide bonds. The maximum absolute atomic E-state index is 13.1. The van der Waals surface area contributed by atoms with Crippen molar-refractivity contribution in [2.75, 3.05) is 10.6 Å². The van der Waals surface area contributed by atoms with Crippen LogP contribution in [-0.4, -0.2) is 20.9 Å². The van der Waals surface area contributed by atoms with Crippen LogP contribution in [0.4, 0.5) is 43.7 Å². The quantitative estimate of drug-likeness (QED) is 0.253. The van der Waals surface area contributed by atoms with Crippen molar-refractivity contribution in [2.45, 2.75) is 19.3 Å². The van der Waals surface area contributed by atoms with E-state index >= 15 is 0 Å². The normalized spacial score (nSPS) is 11.4. The first-order valence-corrected chi connectivity index (χ1v) is 10.6. The Balaban J connectivity index is 0.00000400. The number of carbonyl (C=O) groups is 1. The number of nitrogens with one attached hydrogen (secondary N) is 2. The number of hydrogen-bond acceptors (Lipinski definition) is 5. The molecule has 4 aromatic rings. The minimum Gasteiger partial charge on any atom is -0.324 e.